The average molecular weight is 749 g/mol. The molecule has 54 heavy (non-hydrogen) atoms. The molecule has 2 amide bonds. The minimum absolute atomic E-state index is 0.193. The minimum atomic E-state index is -0.431. The van der Waals surface area contributed by atoms with Crippen molar-refractivity contribution in [2.24, 2.45) is 9.98 Å². The molecule has 4 aliphatic rings. The van der Waals surface area contributed by atoms with Crippen LogP contribution in [0.25, 0.3) is 12.2 Å². The molecule has 5 aromatic rings. The number of amides is 2. The first kappa shape index (κ1) is 33.6. The number of carbonyl (C=O) groups excluding carboxylic acids is 2. The third-order valence-electron chi connectivity index (χ3n) is 9.27. The number of amidine groups is 2. The molecule has 4 heterocycles. The van der Waals surface area contributed by atoms with Crippen LogP contribution in [0, 0.1) is 0 Å². The van der Waals surface area contributed by atoms with Crippen molar-refractivity contribution in [3.8, 4) is 11.5 Å². The van der Waals surface area contributed by atoms with E-state index in [0.29, 0.717) is 23.1 Å². The fourth-order valence-corrected chi connectivity index (χ4v) is 8.89. The van der Waals surface area contributed by atoms with Crippen molar-refractivity contribution in [3.05, 3.63) is 155 Å². The summed E-state index contributed by atoms with van der Waals surface area (Å²) >= 11 is 3.10. The molecule has 0 saturated heterocycles. The summed E-state index contributed by atoms with van der Waals surface area (Å²) in [6, 6.07) is 38.7. The van der Waals surface area contributed by atoms with E-state index in [1.54, 1.807) is 59.7 Å². The molecule has 0 aliphatic carbocycles. The zero-order valence-electron chi connectivity index (χ0n) is 29.1. The molecule has 10 nitrogen and oxygen atoms in total. The van der Waals surface area contributed by atoms with Crippen LogP contribution in [-0.4, -0.2) is 58.5 Å². The number of aliphatic imine (C=N–C) groups is 2. The second kappa shape index (κ2) is 14.0. The van der Waals surface area contributed by atoms with Gasteiger partial charge in [-0.25, -0.2) is 9.98 Å². The molecule has 0 spiro atoms. The molecule has 0 bridgehead atoms. The van der Waals surface area contributed by atoms with Gasteiger partial charge in [-0.15, -0.1) is 0 Å². The molecule has 12 heteroatoms. The molecule has 9 rings (SSSR count). The number of anilines is 2. The highest BCUT2D eigenvalue weighted by Crippen LogP contribution is 2.50. The lowest BCUT2D eigenvalue weighted by atomic mass is 10.2. The number of nitrogens with zero attached hydrogens (tertiary/aromatic N) is 4. The lowest BCUT2D eigenvalue weighted by molar-refractivity contribution is -0.123. The fourth-order valence-electron chi connectivity index (χ4n) is 6.57. The second-order valence-corrected chi connectivity index (χ2v) is 14.9. The van der Waals surface area contributed by atoms with Crippen molar-refractivity contribution >= 4 is 70.5 Å². The Morgan fingerprint density at radius 3 is 1.33 bits per heavy atom. The Hall–Kier alpha value is -6.24. The first-order valence-electron chi connectivity index (χ1n) is 17.2. The van der Waals surface area contributed by atoms with Crippen molar-refractivity contribution in [3.63, 3.8) is 0 Å². The van der Waals surface area contributed by atoms with Gasteiger partial charge in [0.1, 0.15) is 34.6 Å². The predicted octanol–water partition coefficient (Wildman–Crippen LogP) is 7.97. The van der Waals surface area contributed by atoms with Gasteiger partial charge in [-0.3, -0.25) is 19.4 Å². The van der Waals surface area contributed by atoms with Gasteiger partial charge in [-0.2, -0.15) is 0 Å². The number of thioether (sulfide) groups is 2. The summed E-state index contributed by atoms with van der Waals surface area (Å²) in [5.41, 5.74) is 5.03. The van der Waals surface area contributed by atoms with E-state index in [2.05, 4.69) is 22.8 Å². The number of nitrogens with one attached hydrogen (secondary N) is 2. The Bertz CT molecular complexity index is 2210. The number of hydrogen-bond acceptors (Lipinski definition) is 10. The van der Waals surface area contributed by atoms with Crippen LogP contribution in [0.5, 0.6) is 11.5 Å². The first-order valence-corrected chi connectivity index (χ1v) is 18.9. The molecule has 2 atom stereocenters. The third kappa shape index (κ3) is 6.18. The SMILES string of the molecule is COc1ccc(C=C2N=C(c3ccccc3)N(C3Nc4cc5c(cc4S3)NC(N3C(=O)C(=Cc4ccc(OC)cc4)N=C3c3ccccc3)S5)C2=O)cc1. The van der Waals surface area contributed by atoms with Crippen molar-refractivity contribution in [2.75, 3.05) is 24.9 Å². The summed E-state index contributed by atoms with van der Waals surface area (Å²) in [6.07, 6.45) is 3.61. The summed E-state index contributed by atoms with van der Waals surface area (Å²) < 4.78 is 10.6. The highest BCUT2D eigenvalue weighted by Gasteiger charge is 2.43. The van der Waals surface area contributed by atoms with Gasteiger partial charge in [0, 0.05) is 20.9 Å². The van der Waals surface area contributed by atoms with Gasteiger partial charge in [0.15, 0.2) is 11.0 Å². The van der Waals surface area contributed by atoms with Crippen molar-refractivity contribution < 1.29 is 19.1 Å². The van der Waals surface area contributed by atoms with Gasteiger partial charge in [0.25, 0.3) is 11.8 Å². The number of fused-ring (bicyclic) bond motifs is 2. The zero-order chi connectivity index (χ0) is 36.8. The normalized spacial score (nSPS) is 20.1. The largest absolute Gasteiger partial charge is 0.497 e. The lowest BCUT2D eigenvalue weighted by Crippen LogP contribution is -2.42. The summed E-state index contributed by atoms with van der Waals surface area (Å²) in [6.45, 7) is 0. The summed E-state index contributed by atoms with van der Waals surface area (Å²) in [4.78, 5) is 43.3. The number of methoxy groups -OCH3 is 2. The lowest BCUT2D eigenvalue weighted by Gasteiger charge is -2.25. The number of carbonyl (C=O) groups is 2. The van der Waals surface area contributed by atoms with Gasteiger partial charge in [0.05, 0.1) is 25.6 Å². The van der Waals surface area contributed by atoms with Gasteiger partial charge in [-0.05, 0) is 59.7 Å². The van der Waals surface area contributed by atoms with E-state index < -0.39 is 11.0 Å². The van der Waals surface area contributed by atoms with Crippen LogP contribution in [0.1, 0.15) is 22.3 Å². The summed E-state index contributed by atoms with van der Waals surface area (Å²) in [5.74, 6) is 2.25. The van der Waals surface area contributed by atoms with Crippen LogP contribution in [0.3, 0.4) is 0 Å². The van der Waals surface area contributed by atoms with Crippen LogP contribution in [0.4, 0.5) is 11.4 Å². The zero-order valence-corrected chi connectivity index (χ0v) is 30.7. The van der Waals surface area contributed by atoms with E-state index in [1.807, 2.05) is 109 Å². The van der Waals surface area contributed by atoms with Crippen molar-refractivity contribution in [1.82, 2.24) is 9.80 Å². The Kier molecular flexibility index (Phi) is 8.68. The van der Waals surface area contributed by atoms with Gasteiger partial charge in [-0.1, -0.05) is 108 Å². The fraction of sp³-hybridized carbons (Fsp3) is 0.0952. The average Bonchev–Trinajstić information content (AvgIpc) is 3.97. The molecule has 4 aliphatic heterocycles. The minimum Gasteiger partial charge on any atom is -0.497 e. The van der Waals surface area contributed by atoms with Crippen molar-refractivity contribution in [1.29, 1.82) is 0 Å². The van der Waals surface area contributed by atoms with Gasteiger partial charge in [0.2, 0.25) is 0 Å². The van der Waals surface area contributed by atoms with Crippen LogP contribution in [-0.2, 0) is 9.59 Å². The third-order valence-corrected chi connectivity index (χ3v) is 11.6. The molecule has 5 aromatic carbocycles. The topological polar surface area (TPSA) is 108 Å². The van der Waals surface area contributed by atoms with Crippen LogP contribution >= 0.6 is 23.5 Å². The Labute approximate surface area is 320 Å². The van der Waals surface area contributed by atoms with E-state index in [-0.39, 0.29) is 11.8 Å². The number of benzene rings is 5. The Balaban J connectivity index is 0.974. The van der Waals surface area contributed by atoms with E-state index in [4.69, 9.17) is 19.5 Å². The predicted molar refractivity (Wildman–Crippen MR) is 215 cm³/mol. The quantitative estimate of drug-likeness (QED) is 0.154. The number of rotatable bonds is 8. The molecule has 0 fully saturated rings. The first-order chi connectivity index (χ1) is 26.4. The molecule has 0 aromatic heterocycles. The highest BCUT2D eigenvalue weighted by molar-refractivity contribution is 8.01. The van der Waals surface area contributed by atoms with E-state index in [9.17, 15) is 9.59 Å². The maximum absolute atomic E-state index is 14.1. The van der Waals surface area contributed by atoms with Gasteiger partial charge >= 0.3 is 0 Å². The molecule has 2 N–H and O–H groups in total. The molecular formula is C42H32N6O4S2. The molecular weight excluding hydrogens is 717 g/mol. The van der Waals surface area contributed by atoms with Crippen LogP contribution in [0.15, 0.2) is 152 Å². The standard InChI is InChI=1S/C42H32N6O4S2/c1-51-29-17-13-25(14-18-29)21-33-39(49)47(37(43-33)27-9-5-3-6-10-27)41-45-31-23-36-32(24-35(31)53-41)46-42(54-36)48-38(28-11-7-4-8-12-28)44-34(40(48)50)22-26-15-19-30(52-2)20-16-26/h3-24,41-42,45-46H,1-2H3. The van der Waals surface area contributed by atoms with Crippen molar-refractivity contribution in [2.45, 2.75) is 20.8 Å². The molecule has 2 unspecified atom stereocenters. The van der Waals surface area contributed by atoms with Crippen LogP contribution in [0.2, 0.25) is 0 Å². The van der Waals surface area contributed by atoms with Gasteiger partial charge < -0.3 is 20.1 Å². The molecule has 266 valence electrons. The Morgan fingerprint density at radius 1 is 0.574 bits per heavy atom. The van der Waals surface area contributed by atoms with E-state index in [0.717, 1.165) is 54.9 Å². The van der Waals surface area contributed by atoms with E-state index >= 15 is 0 Å². The monoisotopic (exact) mass is 748 g/mol. The van der Waals surface area contributed by atoms with Crippen LogP contribution < -0.4 is 20.1 Å². The summed E-state index contributed by atoms with van der Waals surface area (Å²) in [5, 5.41) is 7.17. The summed E-state index contributed by atoms with van der Waals surface area (Å²) in [7, 11) is 3.25. The number of hydrogen-bond donors (Lipinski definition) is 2. The molecule has 0 saturated carbocycles. The Morgan fingerprint density at radius 2 is 0.963 bits per heavy atom. The maximum atomic E-state index is 14.1. The number of ether oxygens (including phenoxy) is 2. The smallest absolute Gasteiger partial charge is 0.280 e. The highest BCUT2D eigenvalue weighted by atomic mass is 32.2. The second-order valence-electron chi connectivity index (χ2n) is 12.6. The molecule has 0 radical (unpaired) electrons. The maximum Gasteiger partial charge on any atom is 0.280 e. The van der Waals surface area contributed by atoms with E-state index in [1.165, 1.54) is 0 Å².